The lowest BCUT2D eigenvalue weighted by atomic mass is 10.1. The molecule has 2 rings (SSSR count). The van der Waals surface area contributed by atoms with Gasteiger partial charge in [0.1, 0.15) is 11.9 Å². The van der Waals surface area contributed by atoms with Gasteiger partial charge < -0.3 is 10.1 Å². The van der Waals surface area contributed by atoms with Crippen LogP contribution >= 0.6 is 0 Å². The summed E-state index contributed by atoms with van der Waals surface area (Å²) in [7, 11) is 1.95. The average Bonchev–Trinajstić information content (AvgIpc) is 2.47. The Morgan fingerprint density at radius 1 is 1.50 bits per heavy atom. The summed E-state index contributed by atoms with van der Waals surface area (Å²) in [4.78, 5) is 0. The van der Waals surface area contributed by atoms with Gasteiger partial charge in [-0.1, -0.05) is 18.2 Å². The van der Waals surface area contributed by atoms with E-state index in [0.29, 0.717) is 6.10 Å². The molecule has 0 fully saturated rings. The van der Waals surface area contributed by atoms with Crippen LogP contribution in [-0.2, 0) is 6.42 Å². The summed E-state index contributed by atoms with van der Waals surface area (Å²) in [5.74, 6) is 1.05. The van der Waals surface area contributed by atoms with Crippen LogP contribution in [0.1, 0.15) is 5.56 Å². The van der Waals surface area contributed by atoms with Gasteiger partial charge in [-0.25, -0.2) is 0 Å². The van der Waals surface area contributed by atoms with Gasteiger partial charge in [-0.2, -0.15) is 0 Å². The fourth-order valence-electron chi connectivity index (χ4n) is 1.60. The number of ether oxygens (including phenoxy) is 1. The molecule has 64 valence electrons. The number of rotatable bonds is 2. The van der Waals surface area contributed by atoms with E-state index in [0.717, 1.165) is 18.7 Å². The van der Waals surface area contributed by atoms with Gasteiger partial charge in [0.15, 0.2) is 0 Å². The minimum absolute atomic E-state index is 0.326. The topological polar surface area (TPSA) is 21.3 Å². The van der Waals surface area contributed by atoms with E-state index in [9.17, 15) is 0 Å². The summed E-state index contributed by atoms with van der Waals surface area (Å²) < 4.78 is 5.68. The molecular formula is C10H13NO. The number of hydrogen-bond acceptors (Lipinski definition) is 2. The predicted octanol–water partition coefficient (Wildman–Crippen LogP) is 1.21. The van der Waals surface area contributed by atoms with Crippen LogP contribution in [-0.4, -0.2) is 19.7 Å². The molecule has 1 aliphatic rings. The van der Waals surface area contributed by atoms with Gasteiger partial charge in [-0.05, 0) is 18.7 Å². The van der Waals surface area contributed by atoms with Crippen molar-refractivity contribution in [2.45, 2.75) is 12.5 Å². The molecule has 2 nitrogen and oxygen atoms in total. The largest absolute Gasteiger partial charge is 0.488 e. The Labute approximate surface area is 72.5 Å². The Kier molecular flexibility index (Phi) is 2.00. The van der Waals surface area contributed by atoms with Crippen molar-refractivity contribution in [3.63, 3.8) is 0 Å². The third-order valence-corrected chi connectivity index (χ3v) is 2.15. The van der Waals surface area contributed by atoms with Gasteiger partial charge >= 0.3 is 0 Å². The van der Waals surface area contributed by atoms with Crippen LogP contribution in [0.15, 0.2) is 24.3 Å². The Morgan fingerprint density at radius 3 is 3.08 bits per heavy atom. The lowest BCUT2D eigenvalue weighted by Crippen LogP contribution is -2.27. The summed E-state index contributed by atoms with van der Waals surface area (Å²) in [5, 5.41) is 3.12. The van der Waals surface area contributed by atoms with Crippen LogP contribution in [0.25, 0.3) is 0 Å². The van der Waals surface area contributed by atoms with E-state index in [2.05, 4.69) is 17.4 Å². The quantitative estimate of drug-likeness (QED) is 0.707. The molecular weight excluding hydrogens is 150 g/mol. The zero-order valence-electron chi connectivity index (χ0n) is 7.21. The van der Waals surface area contributed by atoms with Gasteiger partial charge in [0.2, 0.25) is 0 Å². The zero-order chi connectivity index (χ0) is 8.39. The molecule has 1 unspecified atom stereocenters. The minimum Gasteiger partial charge on any atom is -0.488 e. The lowest BCUT2D eigenvalue weighted by Gasteiger charge is -2.08. The van der Waals surface area contributed by atoms with Gasteiger partial charge in [0, 0.05) is 13.0 Å². The molecule has 1 aromatic carbocycles. The highest BCUT2D eigenvalue weighted by Crippen LogP contribution is 2.27. The van der Waals surface area contributed by atoms with Crippen molar-refractivity contribution in [3.8, 4) is 5.75 Å². The zero-order valence-corrected chi connectivity index (χ0v) is 7.21. The van der Waals surface area contributed by atoms with E-state index in [4.69, 9.17) is 4.74 Å². The molecule has 0 radical (unpaired) electrons. The van der Waals surface area contributed by atoms with Crippen LogP contribution in [0.3, 0.4) is 0 Å². The lowest BCUT2D eigenvalue weighted by molar-refractivity contribution is 0.231. The third kappa shape index (κ3) is 1.30. The molecule has 0 saturated heterocycles. The fraction of sp³-hybridized carbons (Fsp3) is 0.400. The van der Waals surface area contributed by atoms with Crippen molar-refractivity contribution in [1.29, 1.82) is 0 Å². The summed E-state index contributed by atoms with van der Waals surface area (Å²) in [6.45, 7) is 0.925. The fourth-order valence-corrected chi connectivity index (χ4v) is 1.60. The molecule has 0 amide bonds. The summed E-state index contributed by atoms with van der Waals surface area (Å²) in [6, 6.07) is 8.24. The smallest absolute Gasteiger partial charge is 0.123 e. The van der Waals surface area contributed by atoms with E-state index < -0.39 is 0 Å². The van der Waals surface area contributed by atoms with Crippen LogP contribution in [0, 0.1) is 0 Å². The molecule has 0 saturated carbocycles. The van der Waals surface area contributed by atoms with Crippen molar-refractivity contribution in [2.75, 3.05) is 13.6 Å². The van der Waals surface area contributed by atoms with Gasteiger partial charge in [-0.3, -0.25) is 0 Å². The Morgan fingerprint density at radius 2 is 2.33 bits per heavy atom. The maximum atomic E-state index is 5.68. The summed E-state index contributed by atoms with van der Waals surface area (Å²) in [6.07, 6.45) is 1.36. The van der Waals surface area contributed by atoms with Crippen molar-refractivity contribution in [3.05, 3.63) is 29.8 Å². The van der Waals surface area contributed by atoms with Crippen molar-refractivity contribution < 1.29 is 4.74 Å². The number of fused-ring (bicyclic) bond motifs is 1. The molecule has 1 heterocycles. The first-order chi connectivity index (χ1) is 5.90. The molecule has 0 aliphatic carbocycles. The predicted molar refractivity (Wildman–Crippen MR) is 48.5 cm³/mol. The minimum atomic E-state index is 0.326. The van der Waals surface area contributed by atoms with E-state index >= 15 is 0 Å². The van der Waals surface area contributed by atoms with Crippen LogP contribution in [0.5, 0.6) is 5.75 Å². The molecule has 1 aliphatic heterocycles. The van der Waals surface area contributed by atoms with E-state index in [1.165, 1.54) is 5.56 Å². The summed E-state index contributed by atoms with van der Waals surface area (Å²) >= 11 is 0. The van der Waals surface area contributed by atoms with Crippen molar-refractivity contribution in [1.82, 2.24) is 5.32 Å². The highest BCUT2D eigenvalue weighted by atomic mass is 16.5. The molecule has 0 bridgehead atoms. The second-order valence-corrected chi connectivity index (χ2v) is 3.11. The van der Waals surface area contributed by atoms with Crippen molar-refractivity contribution >= 4 is 0 Å². The highest BCUT2D eigenvalue weighted by Gasteiger charge is 2.20. The number of nitrogens with one attached hydrogen (secondary N) is 1. The van der Waals surface area contributed by atoms with Gasteiger partial charge in [-0.15, -0.1) is 0 Å². The van der Waals surface area contributed by atoms with Gasteiger partial charge in [0.25, 0.3) is 0 Å². The molecule has 0 aromatic heterocycles. The molecule has 12 heavy (non-hydrogen) atoms. The molecule has 0 spiro atoms. The average molecular weight is 163 g/mol. The first-order valence-electron chi connectivity index (χ1n) is 4.29. The Balaban J connectivity index is 2.11. The Bertz CT molecular complexity index is 247. The first kappa shape index (κ1) is 7.62. The molecule has 1 aromatic rings. The van der Waals surface area contributed by atoms with Crippen LogP contribution in [0.2, 0.25) is 0 Å². The second kappa shape index (κ2) is 3.15. The summed E-state index contributed by atoms with van der Waals surface area (Å²) in [5.41, 5.74) is 1.33. The Hall–Kier alpha value is -1.02. The monoisotopic (exact) mass is 163 g/mol. The maximum Gasteiger partial charge on any atom is 0.123 e. The van der Waals surface area contributed by atoms with Crippen LogP contribution in [0.4, 0.5) is 0 Å². The standard InChI is InChI=1S/C10H13NO/c1-11-7-9-6-8-4-2-3-5-10(8)12-9/h2-5,9,11H,6-7H2,1H3. The van der Waals surface area contributed by atoms with Crippen LogP contribution < -0.4 is 10.1 Å². The normalized spacial score (nSPS) is 20.2. The van der Waals surface area contributed by atoms with Crippen molar-refractivity contribution in [2.24, 2.45) is 0 Å². The second-order valence-electron chi connectivity index (χ2n) is 3.11. The number of hydrogen-bond donors (Lipinski definition) is 1. The number of benzene rings is 1. The maximum absolute atomic E-state index is 5.68. The SMILES string of the molecule is CNCC1Cc2ccccc2O1. The number of para-hydroxylation sites is 1. The van der Waals surface area contributed by atoms with E-state index in [1.54, 1.807) is 0 Å². The van der Waals surface area contributed by atoms with E-state index in [1.807, 2.05) is 19.2 Å². The van der Waals surface area contributed by atoms with E-state index in [-0.39, 0.29) is 0 Å². The van der Waals surface area contributed by atoms with Gasteiger partial charge in [0.05, 0.1) is 0 Å². The first-order valence-corrected chi connectivity index (χ1v) is 4.29. The number of likely N-dealkylation sites (N-methyl/N-ethyl adjacent to an activating group) is 1. The third-order valence-electron chi connectivity index (χ3n) is 2.15. The molecule has 1 N–H and O–H groups in total. The highest BCUT2D eigenvalue weighted by molar-refractivity contribution is 5.37. The molecule has 1 atom stereocenters. The molecule has 2 heteroatoms.